The molecule has 0 aliphatic rings. The van der Waals surface area contributed by atoms with Crippen molar-refractivity contribution in [1.29, 1.82) is 0 Å². The van der Waals surface area contributed by atoms with E-state index in [1.165, 1.54) is 11.3 Å². The summed E-state index contributed by atoms with van der Waals surface area (Å²) in [6.45, 7) is 0.509. The monoisotopic (exact) mass is 403 g/mol. The maximum Gasteiger partial charge on any atom is 0.251 e. The van der Waals surface area contributed by atoms with Gasteiger partial charge in [-0.15, -0.1) is 11.3 Å². The lowest BCUT2D eigenvalue weighted by Gasteiger charge is -2.05. The van der Waals surface area contributed by atoms with Gasteiger partial charge in [-0.3, -0.25) is 0 Å². The van der Waals surface area contributed by atoms with E-state index in [1.807, 2.05) is 0 Å². The van der Waals surface area contributed by atoms with Crippen LogP contribution in [-0.4, -0.2) is 20.3 Å². The summed E-state index contributed by atoms with van der Waals surface area (Å²) in [6, 6.07) is 1.75. The SMILES string of the molecule is O=S(=O)(NCCCCCCBr)c1sccc1Br. The van der Waals surface area contributed by atoms with Crippen LogP contribution < -0.4 is 4.72 Å². The van der Waals surface area contributed by atoms with E-state index in [9.17, 15) is 8.42 Å². The molecule has 0 spiro atoms. The molecule has 0 aliphatic carbocycles. The van der Waals surface area contributed by atoms with Gasteiger partial charge in [0.1, 0.15) is 4.21 Å². The molecule has 1 aromatic heterocycles. The topological polar surface area (TPSA) is 46.2 Å². The van der Waals surface area contributed by atoms with Crippen molar-refractivity contribution in [2.45, 2.75) is 29.9 Å². The molecule has 98 valence electrons. The minimum atomic E-state index is -3.33. The van der Waals surface area contributed by atoms with Gasteiger partial charge in [0.2, 0.25) is 0 Å². The third-order valence-electron chi connectivity index (χ3n) is 2.18. The minimum Gasteiger partial charge on any atom is -0.210 e. The molecule has 0 saturated heterocycles. The van der Waals surface area contributed by atoms with Crippen LogP contribution in [0, 0.1) is 0 Å². The highest BCUT2D eigenvalue weighted by atomic mass is 79.9. The molecule has 1 heterocycles. The zero-order valence-electron chi connectivity index (χ0n) is 9.29. The van der Waals surface area contributed by atoms with Crippen LogP contribution in [0.4, 0.5) is 0 Å². The van der Waals surface area contributed by atoms with Gasteiger partial charge in [-0.2, -0.15) is 0 Å². The predicted molar refractivity (Wildman–Crippen MR) is 79.5 cm³/mol. The van der Waals surface area contributed by atoms with E-state index in [0.717, 1.165) is 31.0 Å². The van der Waals surface area contributed by atoms with Gasteiger partial charge in [0.05, 0.1) is 0 Å². The van der Waals surface area contributed by atoms with Crippen LogP contribution in [0.3, 0.4) is 0 Å². The van der Waals surface area contributed by atoms with E-state index >= 15 is 0 Å². The van der Waals surface area contributed by atoms with Gasteiger partial charge in [-0.25, -0.2) is 13.1 Å². The summed E-state index contributed by atoms with van der Waals surface area (Å²) in [4.78, 5) is 0. The Hall–Kier alpha value is 0.570. The fourth-order valence-electron chi connectivity index (χ4n) is 1.32. The summed E-state index contributed by atoms with van der Waals surface area (Å²) in [5.74, 6) is 0. The van der Waals surface area contributed by atoms with Gasteiger partial charge < -0.3 is 0 Å². The molecule has 0 saturated carbocycles. The lowest BCUT2D eigenvalue weighted by Crippen LogP contribution is -2.24. The molecule has 0 aliphatic heterocycles. The maximum atomic E-state index is 11.9. The standard InChI is InChI=1S/C10H15Br2NO2S2/c11-6-3-1-2-4-7-13-17(14,15)10-9(12)5-8-16-10/h5,8,13H,1-4,6-7H2. The van der Waals surface area contributed by atoms with Crippen molar-refractivity contribution in [3.05, 3.63) is 15.9 Å². The molecule has 0 atom stereocenters. The fourth-order valence-corrected chi connectivity index (χ4v) is 5.17. The average Bonchev–Trinajstić information content (AvgIpc) is 2.70. The van der Waals surface area contributed by atoms with E-state index in [2.05, 4.69) is 36.6 Å². The third-order valence-corrected chi connectivity index (χ3v) is 6.87. The van der Waals surface area contributed by atoms with Gasteiger partial charge >= 0.3 is 0 Å². The van der Waals surface area contributed by atoms with Gasteiger partial charge in [-0.1, -0.05) is 28.8 Å². The summed E-state index contributed by atoms with van der Waals surface area (Å²) in [6.07, 6.45) is 4.22. The molecule has 17 heavy (non-hydrogen) atoms. The lowest BCUT2D eigenvalue weighted by atomic mass is 10.2. The second kappa shape index (κ2) is 7.89. The van der Waals surface area contributed by atoms with Gasteiger partial charge in [0.25, 0.3) is 10.0 Å². The number of unbranched alkanes of at least 4 members (excludes halogenated alkanes) is 3. The Balaban J connectivity index is 2.34. The summed E-state index contributed by atoms with van der Waals surface area (Å²) >= 11 is 7.83. The summed E-state index contributed by atoms with van der Waals surface area (Å²) < 4.78 is 27.3. The maximum absolute atomic E-state index is 11.9. The van der Waals surface area contributed by atoms with E-state index in [0.29, 0.717) is 15.2 Å². The number of alkyl halides is 1. The van der Waals surface area contributed by atoms with Crippen molar-refractivity contribution in [2.24, 2.45) is 0 Å². The number of hydrogen-bond acceptors (Lipinski definition) is 3. The van der Waals surface area contributed by atoms with Crippen molar-refractivity contribution in [3.63, 3.8) is 0 Å². The van der Waals surface area contributed by atoms with Crippen molar-refractivity contribution >= 4 is 53.2 Å². The zero-order chi connectivity index (χ0) is 12.7. The molecule has 1 N–H and O–H groups in total. The normalized spacial score (nSPS) is 11.9. The summed E-state index contributed by atoms with van der Waals surface area (Å²) in [7, 11) is -3.33. The fraction of sp³-hybridized carbons (Fsp3) is 0.600. The Morgan fingerprint density at radius 3 is 2.53 bits per heavy atom. The molecule has 0 bridgehead atoms. The number of hydrogen-bond donors (Lipinski definition) is 1. The largest absolute Gasteiger partial charge is 0.251 e. The molecule has 0 aromatic carbocycles. The van der Waals surface area contributed by atoms with Gasteiger partial charge in [0.15, 0.2) is 0 Å². The van der Waals surface area contributed by atoms with Crippen molar-refractivity contribution in [3.8, 4) is 0 Å². The quantitative estimate of drug-likeness (QED) is 0.529. The molecule has 7 heteroatoms. The Kier molecular flexibility index (Phi) is 7.25. The number of thiophene rings is 1. The van der Waals surface area contributed by atoms with Gasteiger partial charge in [-0.05, 0) is 40.2 Å². The highest BCUT2D eigenvalue weighted by Crippen LogP contribution is 2.27. The predicted octanol–water partition coefficient (Wildman–Crippen LogP) is 3.74. The third kappa shape index (κ3) is 5.38. The van der Waals surface area contributed by atoms with Crippen molar-refractivity contribution in [2.75, 3.05) is 11.9 Å². The highest BCUT2D eigenvalue weighted by molar-refractivity contribution is 9.10. The number of sulfonamides is 1. The van der Waals surface area contributed by atoms with Crippen LogP contribution in [-0.2, 0) is 10.0 Å². The van der Waals surface area contributed by atoms with Crippen molar-refractivity contribution in [1.82, 2.24) is 4.72 Å². The molecule has 3 nitrogen and oxygen atoms in total. The first-order valence-electron chi connectivity index (χ1n) is 5.36. The smallest absolute Gasteiger partial charge is 0.210 e. The first-order chi connectivity index (χ1) is 8.08. The summed E-state index contributed by atoms with van der Waals surface area (Å²) in [5, 5.41) is 2.77. The molecule has 0 radical (unpaired) electrons. The van der Waals surface area contributed by atoms with Crippen LogP contribution in [0.2, 0.25) is 0 Å². The molecule has 0 amide bonds. The summed E-state index contributed by atoms with van der Waals surface area (Å²) in [5.41, 5.74) is 0. The van der Waals surface area contributed by atoms with E-state index < -0.39 is 10.0 Å². The van der Waals surface area contributed by atoms with Crippen molar-refractivity contribution < 1.29 is 8.42 Å². The second-order valence-electron chi connectivity index (χ2n) is 3.56. The molecule has 0 unspecified atom stereocenters. The lowest BCUT2D eigenvalue weighted by molar-refractivity contribution is 0.575. The Morgan fingerprint density at radius 1 is 1.24 bits per heavy atom. The van der Waals surface area contributed by atoms with E-state index in [1.54, 1.807) is 11.4 Å². The van der Waals surface area contributed by atoms with Gasteiger partial charge in [0, 0.05) is 16.3 Å². The number of nitrogens with one attached hydrogen (secondary N) is 1. The number of halogens is 2. The second-order valence-corrected chi connectivity index (χ2v) is 8.08. The van der Waals surface area contributed by atoms with E-state index in [-0.39, 0.29) is 0 Å². The molecular weight excluding hydrogens is 390 g/mol. The minimum absolute atomic E-state index is 0.359. The average molecular weight is 405 g/mol. The molecule has 0 fully saturated rings. The Bertz CT molecular complexity index is 431. The Morgan fingerprint density at radius 2 is 1.94 bits per heavy atom. The Labute approximate surface area is 123 Å². The van der Waals surface area contributed by atoms with Crippen LogP contribution >= 0.6 is 43.2 Å². The highest BCUT2D eigenvalue weighted by Gasteiger charge is 2.17. The van der Waals surface area contributed by atoms with Crippen LogP contribution in [0.15, 0.2) is 20.1 Å². The van der Waals surface area contributed by atoms with Crippen LogP contribution in [0.1, 0.15) is 25.7 Å². The number of rotatable bonds is 8. The van der Waals surface area contributed by atoms with E-state index in [4.69, 9.17) is 0 Å². The first-order valence-corrected chi connectivity index (χ1v) is 9.64. The van der Waals surface area contributed by atoms with Crippen LogP contribution in [0.25, 0.3) is 0 Å². The molecule has 1 rings (SSSR count). The zero-order valence-corrected chi connectivity index (χ0v) is 14.1. The molecular formula is C10H15Br2NO2S2. The van der Waals surface area contributed by atoms with Crippen LogP contribution in [0.5, 0.6) is 0 Å². The first kappa shape index (κ1) is 15.6. The molecule has 1 aromatic rings.